The third-order valence-corrected chi connectivity index (χ3v) is 3.65. The molecule has 1 aliphatic rings. The van der Waals surface area contributed by atoms with Gasteiger partial charge in [0.1, 0.15) is 5.75 Å². The summed E-state index contributed by atoms with van der Waals surface area (Å²) >= 11 is 0. The Morgan fingerprint density at radius 1 is 1.44 bits per heavy atom. The highest BCUT2D eigenvalue weighted by molar-refractivity contribution is 5.94. The lowest BCUT2D eigenvalue weighted by Crippen LogP contribution is -2.40. The maximum absolute atomic E-state index is 12.1. The van der Waals surface area contributed by atoms with Crippen LogP contribution < -0.4 is 5.32 Å². The molecule has 98 valence electrons. The minimum atomic E-state index is -0.0893. The van der Waals surface area contributed by atoms with E-state index < -0.39 is 0 Å². The summed E-state index contributed by atoms with van der Waals surface area (Å²) in [7, 11) is 0. The average molecular weight is 247 g/mol. The Morgan fingerprint density at radius 2 is 2.22 bits per heavy atom. The van der Waals surface area contributed by atoms with E-state index in [9.17, 15) is 9.90 Å². The Kier molecular flexibility index (Phi) is 3.60. The zero-order chi connectivity index (χ0) is 13.2. The van der Waals surface area contributed by atoms with E-state index in [1.165, 1.54) is 12.5 Å². The third-order valence-electron chi connectivity index (χ3n) is 3.65. The van der Waals surface area contributed by atoms with Crippen LogP contribution in [-0.2, 0) is 0 Å². The normalized spacial score (nSPS) is 22.4. The summed E-state index contributed by atoms with van der Waals surface area (Å²) in [6, 6.07) is 6.74. The first-order chi connectivity index (χ1) is 8.46. The second-order valence-corrected chi connectivity index (χ2v) is 5.98. The largest absolute Gasteiger partial charge is 0.508 e. The van der Waals surface area contributed by atoms with Crippen molar-refractivity contribution in [3.8, 4) is 5.75 Å². The van der Waals surface area contributed by atoms with E-state index in [0.29, 0.717) is 11.0 Å². The van der Waals surface area contributed by atoms with Gasteiger partial charge in [0.15, 0.2) is 0 Å². The van der Waals surface area contributed by atoms with Gasteiger partial charge in [0.2, 0.25) is 0 Å². The monoisotopic (exact) mass is 247 g/mol. The molecule has 0 aromatic heterocycles. The molecule has 1 aromatic rings. The number of nitrogens with one attached hydrogen (secondary N) is 1. The van der Waals surface area contributed by atoms with Gasteiger partial charge >= 0.3 is 0 Å². The predicted octanol–water partition coefficient (Wildman–Crippen LogP) is 3.09. The number of carbonyl (C=O) groups excluding carboxylic acids is 1. The second kappa shape index (κ2) is 5.01. The first-order valence-corrected chi connectivity index (χ1v) is 6.56. The fourth-order valence-corrected chi connectivity index (χ4v) is 2.74. The summed E-state index contributed by atoms with van der Waals surface area (Å²) in [5.74, 6) is 0.0419. The number of amides is 1. The van der Waals surface area contributed by atoms with Crippen LogP contribution in [0, 0.1) is 5.41 Å². The number of carbonyl (C=O) groups is 1. The van der Waals surface area contributed by atoms with Crippen LogP contribution in [0.4, 0.5) is 0 Å². The van der Waals surface area contributed by atoms with Crippen LogP contribution >= 0.6 is 0 Å². The van der Waals surface area contributed by atoms with Gasteiger partial charge in [0.05, 0.1) is 0 Å². The molecular formula is C15H21NO2. The summed E-state index contributed by atoms with van der Waals surface area (Å²) in [5, 5.41) is 12.4. The molecule has 0 spiro atoms. The van der Waals surface area contributed by atoms with E-state index in [1.807, 2.05) is 0 Å². The summed E-state index contributed by atoms with van der Waals surface area (Å²) in [6.45, 7) is 4.50. The van der Waals surface area contributed by atoms with E-state index in [-0.39, 0.29) is 17.7 Å². The molecule has 1 aromatic carbocycles. The Morgan fingerprint density at radius 3 is 2.89 bits per heavy atom. The topological polar surface area (TPSA) is 49.3 Å². The van der Waals surface area contributed by atoms with Crippen molar-refractivity contribution in [3.63, 3.8) is 0 Å². The Hall–Kier alpha value is -1.51. The standard InChI is InChI=1S/C15H21NO2/c1-15(2)8-4-6-12(10-15)16-14(18)11-5-3-7-13(17)9-11/h3,5,7,9,12,17H,4,6,8,10H2,1-2H3,(H,16,18). The number of benzene rings is 1. The lowest BCUT2D eigenvalue weighted by Gasteiger charge is -2.35. The van der Waals surface area contributed by atoms with Crippen molar-refractivity contribution >= 4 is 5.91 Å². The molecule has 0 heterocycles. The number of phenols is 1. The molecule has 0 radical (unpaired) electrons. The molecule has 18 heavy (non-hydrogen) atoms. The van der Waals surface area contributed by atoms with Crippen LogP contribution in [0.25, 0.3) is 0 Å². The smallest absolute Gasteiger partial charge is 0.251 e. The molecule has 0 bridgehead atoms. The van der Waals surface area contributed by atoms with E-state index in [0.717, 1.165) is 19.3 Å². The zero-order valence-corrected chi connectivity index (χ0v) is 11.1. The van der Waals surface area contributed by atoms with E-state index in [2.05, 4.69) is 19.2 Å². The third kappa shape index (κ3) is 3.25. The average Bonchev–Trinajstić information content (AvgIpc) is 2.27. The highest BCUT2D eigenvalue weighted by Crippen LogP contribution is 2.35. The number of phenolic OH excluding ortho intramolecular Hbond substituents is 1. The van der Waals surface area contributed by atoms with Gasteiger partial charge in [0.25, 0.3) is 5.91 Å². The van der Waals surface area contributed by atoms with Gasteiger partial charge < -0.3 is 10.4 Å². The van der Waals surface area contributed by atoms with Crippen LogP contribution in [0.5, 0.6) is 5.75 Å². The summed E-state index contributed by atoms with van der Waals surface area (Å²) in [5.41, 5.74) is 0.841. The first-order valence-electron chi connectivity index (χ1n) is 6.56. The van der Waals surface area contributed by atoms with E-state index in [4.69, 9.17) is 0 Å². The molecule has 1 amide bonds. The minimum Gasteiger partial charge on any atom is -0.508 e. The van der Waals surface area contributed by atoms with Crippen LogP contribution in [0.15, 0.2) is 24.3 Å². The van der Waals surface area contributed by atoms with E-state index >= 15 is 0 Å². The first kappa shape index (κ1) is 12.9. The molecule has 3 heteroatoms. The minimum absolute atomic E-state index is 0.0893. The fraction of sp³-hybridized carbons (Fsp3) is 0.533. The second-order valence-electron chi connectivity index (χ2n) is 5.98. The summed E-state index contributed by atoms with van der Waals surface area (Å²) in [6.07, 6.45) is 4.47. The number of hydrogen-bond acceptors (Lipinski definition) is 2. The number of aromatic hydroxyl groups is 1. The molecule has 0 aliphatic heterocycles. The van der Waals surface area contributed by atoms with Gasteiger partial charge in [-0.15, -0.1) is 0 Å². The van der Waals surface area contributed by atoms with Crippen molar-refractivity contribution in [2.45, 2.75) is 45.6 Å². The predicted molar refractivity (Wildman–Crippen MR) is 71.6 cm³/mol. The number of rotatable bonds is 2. The highest BCUT2D eigenvalue weighted by atomic mass is 16.3. The zero-order valence-electron chi connectivity index (χ0n) is 11.1. The molecule has 1 fully saturated rings. The van der Waals surface area contributed by atoms with Crippen molar-refractivity contribution in [1.29, 1.82) is 0 Å². The van der Waals surface area contributed by atoms with Crippen molar-refractivity contribution in [2.75, 3.05) is 0 Å². The van der Waals surface area contributed by atoms with E-state index in [1.54, 1.807) is 18.2 Å². The maximum Gasteiger partial charge on any atom is 0.251 e. The maximum atomic E-state index is 12.1. The van der Waals surface area contributed by atoms with Crippen LogP contribution in [0.3, 0.4) is 0 Å². The Labute approximate surface area is 108 Å². The lowest BCUT2D eigenvalue weighted by atomic mass is 9.75. The fourth-order valence-electron chi connectivity index (χ4n) is 2.74. The van der Waals surface area contributed by atoms with Gasteiger partial charge in [-0.1, -0.05) is 26.3 Å². The summed E-state index contributed by atoms with van der Waals surface area (Å²) < 4.78 is 0. The SMILES string of the molecule is CC1(C)CCCC(NC(=O)c2cccc(O)c2)C1. The highest BCUT2D eigenvalue weighted by Gasteiger charge is 2.28. The molecule has 2 rings (SSSR count). The van der Waals surface area contributed by atoms with Crippen molar-refractivity contribution < 1.29 is 9.90 Å². The van der Waals surface area contributed by atoms with Gasteiger partial charge in [-0.05, 0) is 42.9 Å². The van der Waals surface area contributed by atoms with Gasteiger partial charge in [-0.2, -0.15) is 0 Å². The molecule has 0 saturated heterocycles. The van der Waals surface area contributed by atoms with Crippen LogP contribution in [0.2, 0.25) is 0 Å². The van der Waals surface area contributed by atoms with Gasteiger partial charge in [-0.25, -0.2) is 0 Å². The van der Waals surface area contributed by atoms with Crippen molar-refractivity contribution in [1.82, 2.24) is 5.32 Å². The summed E-state index contributed by atoms with van der Waals surface area (Å²) in [4.78, 5) is 12.1. The molecular weight excluding hydrogens is 226 g/mol. The van der Waals surface area contributed by atoms with Gasteiger partial charge in [0, 0.05) is 11.6 Å². The lowest BCUT2D eigenvalue weighted by molar-refractivity contribution is 0.0902. The Bertz CT molecular complexity index is 440. The quantitative estimate of drug-likeness (QED) is 0.843. The molecule has 1 saturated carbocycles. The molecule has 1 unspecified atom stereocenters. The van der Waals surface area contributed by atoms with Crippen LogP contribution in [0.1, 0.15) is 49.9 Å². The van der Waals surface area contributed by atoms with Crippen molar-refractivity contribution in [3.05, 3.63) is 29.8 Å². The van der Waals surface area contributed by atoms with Crippen molar-refractivity contribution in [2.24, 2.45) is 5.41 Å². The van der Waals surface area contributed by atoms with Crippen LogP contribution in [-0.4, -0.2) is 17.1 Å². The van der Waals surface area contributed by atoms with Gasteiger partial charge in [-0.3, -0.25) is 4.79 Å². The molecule has 1 atom stereocenters. The Balaban J connectivity index is 1.99. The molecule has 2 N–H and O–H groups in total. The molecule has 1 aliphatic carbocycles. The number of hydrogen-bond donors (Lipinski definition) is 2. The molecule has 3 nitrogen and oxygen atoms in total.